The number of carbonyl (C=O) groups excluding carboxylic acids is 1. The first-order valence-corrected chi connectivity index (χ1v) is 7.27. The molecule has 21 heavy (non-hydrogen) atoms. The molecule has 112 valence electrons. The second-order valence-corrected chi connectivity index (χ2v) is 6.46. The lowest BCUT2D eigenvalue weighted by molar-refractivity contribution is 0.115. The number of amides is 1. The van der Waals surface area contributed by atoms with Crippen molar-refractivity contribution >= 4 is 6.09 Å². The number of rotatable bonds is 3. The maximum Gasteiger partial charge on any atom is 0.407 e. The Bertz CT molecular complexity index is 548. The van der Waals surface area contributed by atoms with Crippen molar-refractivity contribution < 1.29 is 9.53 Å². The zero-order valence-corrected chi connectivity index (χ0v) is 12.8. The maximum atomic E-state index is 11.9. The fourth-order valence-corrected chi connectivity index (χ4v) is 2.86. The largest absolute Gasteiger partial charge is 0.445 e. The van der Waals surface area contributed by atoms with Crippen molar-refractivity contribution in [1.29, 1.82) is 5.26 Å². The van der Waals surface area contributed by atoms with Crippen molar-refractivity contribution in [3.05, 3.63) is 35.9 Å². The second kappa shape index (κ2) is 5.77. The molecule has 1 saturated carbocycles. The summed E-state index contributed by atoms with van der Waals surface area (Å²) in [7, 11) is 0. The smallest absolute Gasteiger partial charge is 0.407 e. The average Bonchev–Trinajstić information content (AvgIpc) is 2.70. The summed E-state index contributed by atoms with van der Waals surface area (Å²) in [5, 5.41) is 12.3. The van der Waals surface area contributed by atoms with Gasteiger partial charge in [0.1, 0.15) is 6.61 Å². The fourth-order valence-electron chi connectivity index (χ4n) is 2.86. The third-order valence-corrected chi connectivity index (χ3v) is 4.98. The first kappa shape index (κ1) is 15.4. The minimum absolute atomic E-state index is 0.0366. The molecule has 0 unspecified atom stereocenters. The highest BCUT2D eigenvalue weighted by molar-refractivity contribution is 5.67. The number of benzene rings is 1. The molecule has 0 bridgehead atoms. The molecule has 0 aliphatic heterocycles. The summed E-state index contributed by atoms with van der Waals surface area (Å²) in [5.74, 6) is 0. The standard InChI is InChI=1S/C17H22N2O2/c1-16(2)14(9-10-17(16,3)12-18)19-15(20)21-11-13-7-5-4-6-8-13/h4-8,14H,9-11H2,1-3H3,(H,19,20)/t14-,17-/m1/s1. The molecule has 1 aromatic rings. The molecule has 0 heterocycles. The number of hydrogen-bond acceptors (Lipinski definition) is 3. The summed E-state index contributed by atoms with van der Waals surface area (Å²) in [4.78, 5) is 11.9. The first-order valence-electron chi connectivity index (χ1n) is 7.27. The first-order chi connectivity index (χ1) is 9.89. The maximum absolute atomic E-state index is 11.9. The van der Waals surface area contributed by atoms with Gasteiger partial charge in [0, 0.05) is 11.5 Å². The van der Waals surface area contributed by atoms with Crippen LogP contribution in [0.3, 0.4) is 0 Å². The Balaban J connectivity index is 1.91. The lowest BCUT2D eigenvalue weighted by atomic mass is 9.69. The molecule has 4 nitrogen and oxygen atoms in total. The highest BCUT2D eigenvalue weighted by Gasteiger charge is 2.52. The summed E-state index contributed by atoms with van der Waals surface area (Å²) < 4.78 is 5.25. The summed E-state index contributed by atoms with van der Waals surface area (Å²) in [6.07, 6.45) is 1.18. The average molecular weight is 286 g/mol. The summed E-state index contributed by atoms with van der Waals surface area (Å²) in [6.45, 7) is 6.29. The van der Waals surface area contributed by atoms with Gasteiger partial charge in [-0.1, -0.05) is 44.2 Å². The predicted octanol–water partition coefficient (Wildman–Crippen LogP) is 3.63. The van der Waals surface area contributed by atoms with Gasteiger partial charge in [-0.15, -0.1) is 0 Å². The molecule has 0 aromatic heterocycles. The van der Waals surface area contributed by atoms with E-state index in [1.165, 1.54) is 0 Å². The lowest BCUT2D eigenvalue weighted by Gasteiger charge is -2.36. The van der Waals surface area contributed by atoms with Crippen molar-refractivity contribution in [2.24, 2.45) is 10.8 Å². The van der Waals surface area contributed by atoms with Crippen molar-refractivity contribution in [3.8, 4) is 6.07 Å². The van der Waals surface area contributed by atoms with Crippen LogP contribution < -0.4 is 5.32 Å². The van der Waals surface area contributed by atoms with Crippen LogP contribution in [0.1, 0.15) is 39.2 Å². The van der Waals surface area contributed by atoms with Crippen LogP contribution in [0.2, 0.25) is 0 Å². The van der Waals surface area contributed by atoms with Gasteiger partial charge in [0.25, 0.3) is 0 Å². The van der Waals surface area contributed by atoms with Crippen molar-refractivity contribution in [2.45, 2.75) is 46.3 Å². The number of nitrogens with zero attached hydrogens (tertiary/aromatic N) is 1. The highest BCUT2D eigenvalue weighted by atomic mass is 16.5. The Labute approximate surface area is 126 Å². The number of ether oxygens (including phenoxy) is 1. The number of carbonyl (C=O) groups is 1. The fraction of sp³-hybridized carbons (Fsp3) is 0.529. The SMILES string of the molecule is CC1(C)[C@H](NC(=O)OCc2ccccc2)CC[C@]1(C)C#N. The van der Waals surface area contributed by atoms with Crippen molar-refractivity contribution in [3.63, 3.8) is 0 Å². The summed E-state index contributed by atoms with van der Waals surface area (Å²) in [5.41, 5.74) is 0.276. The van der Waals surface area contributed by atoms with Gasteiger partial charge in [-0.05, 0) is 25.3 Å². The van der Waals surface area contributed by atoms with Crippen LogP contribution in [0.15, 0.2) is 30.3 Å². The molecule has 4 heteroatoms. The van der Waals surface area contributed by atoms with Crippen LogP contribution in [0.5, 0.6) is 0 Å². The van der Waals surface area contributed by atoms with E-state index >= 15 is 0 Å². The Morgan fingerprint density at radius 1 is 1.38 bits per heavy atom. The number of alkyl carbamates (subject to hydrolysis) is 1. The topological polar surface area (TPSA) is 62.1 Å². The van der Waals surface area contributed by atoms with E-state index in [0.29, 0.717) is 0 Å². The Hall–Kier alpha value is -2.02. The highest BCUT2D eigenvalue weighted by Crippen LogP contribution is 2.51. The van der Waals surface area contributed by atoms with Crippen LogP contribution >= 0.6 is 0 Å². The van der Waals surface area contributed by atoms with E-state index in [9.17, 15) is 10.1 Å². The van der Waals surface area contributed by atoms with E-state index in [-0.39, 0.29) is 18.1 Å². The Morgan fingerprint density at radius 2 is 2.05 bits per heavy atom. The van der Waals surface area contributed by atoms with Crippen LogP contribution in [-0.4, -0.2) is 12.1 Å². The molecule has 2 atom stereocenters. The molecule has 1 N–H and O–H groups in total. The Morgan fingerprint density at radius 3 is 2.62 bits per heavy atom. The monoisotopic (exact) mass is 286 g/mol. The van der Waals surface area contributed by atoms with Gasteiger partial charge in [0.15, 0.2) is 0 Å². The van der Waals surface area contributed by atoms with E-state index < -0.39 is 11.5 Å². The van der Waals surface area contributed by atoms with Gasteiger partial charge in [-0.25, -0.2) is 4.79 Å². The van der Waals surface area contributed by atoms with Crippen LogP contribution in [0, 0.1) is 22.2 Å². The number of nitriles is 1. The van der Waals surface area contributed by atoms with E-state index in [1.54, 1.807) is 0 Å². The minimum Gasteiger partial charge on any atom is -0.445 e. The van der Waals surface area contributed by atoms with Gasteiger partial charge in [0.05, 0.1) is 11.5 Å². The molecule has 0 radical (unpaired) electrons. The lowest BCUT2D eigenvalue weighted by Crippen LogP contribution is -2.46. The van der Waals surface area contributed by atoms with Gasteiger partial charge in [-0.3, -0.25) is 0 Å². The van der Waals surface area contributed by atoms with Gasteiger partial charge >= 0.3 is 6.09 Å². The Kier molecular flexibility index (Phi) is 4.22. The predicted molar refractivity (Wildman–Crippen MR) is 80.3 cm³/mol. The summed E-state index contributed by atoms with van der Waals surface area (Å²) in [6, 6.07) is 11.9. The zero-order valence-electron chi connectivity index (χ0n) is 12.8. The van der Waals surface area contributed by atoms with E-state index in [0.717, 1.165) is 18.4 Å². The second-order valence-electron chi connectivity index (χ2n) is 6.46. The molecule has 1 aromatic carbocycles. The normalized spacial score (nSPS) is 26.9. The van der Waals surface area contributed by atoms with Gasteiger partial charge in [-0.2, -0.15) is 5.26 Å². The number of hydrogen-bond donors (Lipinski definition) is 1. The van der Waals surface area contributed by atoms with E-state index in [1.807, 2.05) is 51.1 Å². The molecule has 1 aliphatic rings. The van der Waals surface area contributed by atoms with Crippen LogP contribution in [0.4, 0.5) is 4.79 Å². The molecule has 0 spiro atoms. The molecule has 1 fully saturated rings. The van der Waals surface area contributed by atoms with Gasteiger partial charge in [0.2, 0.25) is 0 Å². The van der Waals surface area contributed by atoms with Crippen molar-refractivity contribution in [2.75, 3.05) is 0 Å². The summed E-state index contributed by atoms with van der Waals surface area (Å²) >= 11 is 0. The molecular formula is C17H22N2O2. The van der Waals surface area contributed by atoms with Gasteiger partial charge < -0.3 is 10.1 Å². The minimum atomic E-state index is -0.417. The van der Waals surface area contributed by atoms with E-state index in [4.69, 9.17) is 4.74 Å². The zero-order chi connectivity index (χ0) is 15.5. The number of nitrogens with one attached hydrogen (secondary N) is 1. The molecule has 2 rings (SSSR count). The third kappa shape index (κ3) is 3.02. The quantitative estimate of drug-likeness (QED) is 0.923. The van der Waals surface area contributed by atoms with Crippen LogP contribution in [-0.2, 0) is 11.3 Å². The molecule has 1 aliphatic carbocycles. The molecular weight excluding hydrogens is 264 g/mol. The van der Waals surface area contributed by atoms with Crippen LogP contribution in [0.25, 0.3) is 0 Å². The van der Waals surface area contributed by atoms with E-state index in [2.05, 4.69) is 11.4 Å². The third-order valence-electron chi connectivity index (χ3n) is 4.98. The van der Waals surface area contributed by atoms with Crippen molar-refractivity contribution in [1.82, 2.24) is 5.32 Å². The molecule has 0 saturated heterocycles. The molecule has 1 amide bonds.